The Balaban J connectivity index is 1.50. The average molecular weight is 418 g/mol. The minimum absolute atomic E-state index is 0.170. The van der Waals surface area contributed by atoms with Crippen LogP contribution in [0.1, 0.15) is 29.4 Å². The standard InChI is InChI=1S/C24H23FN4O2/c25-19-10-8-17(9-11-19)15-29-22(27-20-7-4-14-26-24(20)29)12-13-23(31)28-21(16-30)18-5-2-1-3-6-18/h1-11,14,21,30H,12-13,15-16H2,(H,28,31)/t21-/m0/s1. The maximum atomic E-state index is 13.3. The molecule has 2 aromatic carbocycles. The summed E-state index contributed by atoms with van der Waals surface area (Å²) in [5.41, 5.74) is 3.24. The van der Waals surface area contributed by atoms with Crippen LogP contribution < -0.4 is 5.32 Å². The molecule has 1 amide bonds. The number of benzene rings is 2. The van der Waals surface area contributed by atoms with Gasteiger partial charge in [-0.3, -0.25) is 4.79 Å². The number of aliphatic hydroxyl groups is 1. The van der Waals surface area contributed by atoms with Gasteiger partial charge in [0.15, 0.2) is 5.65 Å². The van der Waals surface area contributed by atoms with Gasteiger partial charge >= 0.3 is 0 Å². The number of aliphatic hydroxyl groups excluding tert-OH is 1. The Bertz CT molecular complexity index is 1160. The van der Waals surface area contributed by atoms with Crippen LogP contribution in [0, 0.1) is 5.82 Å². The number of aryl methyl sites for hydroxylation is 1. The van der Waals surface area contributed by atoms with Gasteiger partial charge in [-0.25, -0.2) is 14.4 Å². The first-order valence-electron chi connectivity index (χ1n) is 10.1. The molecule has 0 aliphatic carbocycles. The number of carbonyl (C=O) groups is 1. The van der Waals surface area contributed by atoms with Crippen molar-refractivity contribution in [1.82, 2.24) is 19.9 Å². The second-order valence-electron chi connectivity index (χ2n) is 7.30. The fourth-order valence-electron chi connectivity index (χ4n) is 3.55. The van der Waals surface area contributed by atoms with E-state index >= 15 is 0 Å². The van der Waals surface area contributed by atoms with Crippen LogP contribution in [-0.2, 0) is 17.8 Å². The van der Waals surface area contributed by atoms with Crippen molar-refractivity contribution in [3.63, 3.8) is 0 Å². The van der Waals surface area contributed by atoms with Crippen molar-refractivity contribution in [2.45, 2.75) is 25.4 Å². The summed E-state index contributed by atoms with van der Waals surface area (Å²) in [4.78, 5) is 21.7. The number of hydrogen-bond donors (Lipinski definition) is 2. The van der Waals surface area contributed by atoms with Crippen LogP contribution in [0.25, 0.3) is 11.2 Å². The number of fused-ring (bicyclic) bond motifs is 1. The second-order valence-corrected chi connectivity index (χ2v) is 7.30. The quantitative estimate of drug-likeness (QED) is 0.460. The van der Waals surface area contributed by atoms with E-state index in [-0.39, 0.29) is 24.8 Å². The monoisotopic (exact) mass is 418 g/mol. The number of amides is 1. The molecule has 4 aromatic rings. The summed E-state index contributed by atoms with van der Waals surface area (Å²) in [6.45, 7) is 0.302. The molecule has 31 heavy (non-hydrogen) atoms. The number of halogens is 1. The van der Waals surface area contributed by atoms with Gasteiger partial charge in [0.05, 0.1) is 19.2 Å². The number of imidazole rings is 1. The number of hydrogen-bond acceptors (Lipinski definition) is 4. The molecule has 0 radical (unpaired) electrons. The molecule has 0 aliphatic rings. The molecule has 0 fully saturated rings. The maximum absolute atomic E-state index is 13.3. The minimum atomic E-state index is -0.451. The van der Waals surface area contributed by atoms with Crippen molar-refractivity contribution < 1.29 is 14.3 Å². The van der Waals surface area contributed by atoms with Gasteiger partial charge in [-0.1, -0.05) is 42.5 Å². The molecule has 0 bridgehead atoms. The summed E-state index contributed by atoms with van der Waals surface area (Å²) in [5.74, 6) is 0.274. The van der Waals surface area contributed by atoms with Gasteiger partial charge in [0.1, 0.15) is 17.2 Å². The topological polar surface area (TPSA) is 80.0 Å². The van der Waals surface area contributed by atoms with Crippen molar-refractivity contribution in [3.8, 4) is 0 Å². The van der Waals surface area contributed by atoms with Gasteiger partial charge in [0.25, 0.3) is 0 Å². The Morgan fingerprint density at radius 3 is 2.58 bits per heavy atom. The zero-order chi connectivity index (χ0) is 21.6. The first-order valence-corrected chi connectivity index (χ1v) is 10.1. The zero-order valence-corrected chi connectivity index (χ0v) is 16.9. The van der Waals surface area contributed by atoms with Crippen LogP contribution >= 0.6 is 0 Å². The Kier molecular flexibility index (Phi) is 6.33. The summed E-state index contributed by atoms with van der Waals surface area (Å²) < 4.78 is 15.2. The van der Waals surface area contributed by atoms with E-state index in [0.29, 0.717) is 13.0 Å². The number of nitrogens with one attached hydrogen (secondary N) is 1. The van der Waals surface area contributed by atoms with Gasteiger partial charge < -0.3 is 15.0 Å². The highest BCUT2D eigenvalue weighted by Crippen LogP contribution is 2.18. The molecule has 0 saturated heterocycles. The van der Waals surface area contributed by atoms with Crippen LogP contribution in [0.5, 0.6) is 0 Å². The highest BCUT2D eigenvalue weighted by Gasteiger charge is 2.16. The summed E-state index contributed by atoms with van der Waals surface area (Å²) in [5, 5.41) is 12.5. The Morgan fingerprint density at radius 1 is 1.06 bits per heavy atom. The summed E-state index contributed by atoms with van der Waals surface area (Å²) in [6.07, 6.45) is 2.33. The highest BCUT2D eigenvalue weighted by atomic mass is 19.1. The molecule has 6 nitrogen and oxygen atoms in total. The Labute approximate surface area is 179 Å². The van der Waals surface area contributed by atoms with Crippen molar-refractivity contribution in [2.24, 2.45) is 0 Å². The molecular formula is C24H23FN4O2. The number of carbonyl (C=O) groups excluding carboxylic acids is 1. The fraction of sp³-hybridized carbons (Fsp3) is 0.208. The van der Waals surface area contributed by atoms with E-state index in [1.807, 2.05) is 47.0 Å². The van der Waals surface area contributed by atoms with E-state index in [1.54, 1.807) is 18.3 Å². The van der Waals surface area contributed by atoms with Crippen LogP contribution in [-0.4, -0.2) is 32.2 Å². The van der Waals surface area contributed by atoms with Gasteiger partial charge in [-0.2, -0.15) is 0 Å². The van der Waals surface area contributed by atoms with Gasteiger partial charge in [0.2, 0.25) is 5.91 Å². The molecule has 2 N–H and O–H groups in total. The number of aromatic nitrogens is 3. The third-order valence-electron chi connectivity index (χ3n) is 5.13. The molecule has 0 aliphatic heterocycles. The molecule has 0 saturated carbocycles. The van der Waals surface area contributed by atoms with Crippen LogP contribution in [0.4, 0.5) is 4.39 Å². The van der Waals surface area contributed by atoms with Gasteiger partial charge in [0, 0.05) is 19.0 Å². The Morgan fingerprint density at radius 2 is 1.84 bits per heavy atom. The highest BCUT2D eigenvalue weighted by molar-refractivity contribution is 5.77. The summed E-state index contributed by atoms with van der Waals surface area (Å²) in [6, 6.07) is 18.9. The zero-order valence-electron chi connectivity index (χ0n) is 16.9. The molecule has 2 heterocycles. The first-order chi connectivity index (χ1) is 15.1. The number of nitrogens with zero attached hydrogens (tertiary/aromatic N) is 3. The molecular weight excluding hydrogens is 395 g/mol. The summed E-state index contributed by atoms with van der Waals surface area (Å²) >= 11 is 0. The SMILES string of the molecule is O=C(CCc1nc2cccnc2n1Cc1ccc(F)cc1)N[C@@H](CO)c1ccccc1. The maximum Gasteiger partial charge on any atom is 0.221 e. The van der Waals surface area contributed by atoms with E-state index in [9.17, 15) is 14.3 Å². The van der Waals surface area contributed by atoms with Gasteiger partial charge in [-0.05, 0) is 35.4 Å². The number of rotatable bonds is 8. The predicted molar refractivity (Wildman–Crippen MR) is 116 cm³/mol. The molecule has 0 spiro atoms. The lowest BCUT2D eigenvalue weighted by Crippen LogP contribution is -2.31. The fourth-order valence-corrected chi connectivity index (χ4v) is 3.55. The van der Waals surface area contributed by atoms with Gasteiger partial charge in [-0.15, -0.1) is 0 Å². The summed E-state index contributed by atoms with van der Waals surface area (Å²) in [7, 11) is 0. The number of pyridine rings is 1. The van der Waals surface area contributed by atoms with Crippen molar-refractivity contribution >= 4 is 17.1 Å². The molecule has 0 unspecified atom stereocenters. The van der Waals surface area contributed by atoms with Crippen LogP contribution in [0.3, 0.4) is 0 Å². The molecule has 2 aromatic heterocycles. The normalized spacial score (nSPS) is 12.1. The van der Waals surface area contributed by atoms with Crippen molar-refractivity contribution in [1.29, 1.82) is 0 Å². The minimum Gasteiger partial charge on any atom is -0.394 e. The van der Waals surface area contributed by atoms with Crippen LogP contribution in [0.15, 0.2) is 72.9 Å². The largest absolute Gasteiger partial charge is 0.394 e. The Hall–Kier alpha value is -3.58. The van der Waals surface area contributed by atoms with Crippen LogP contribution in [0.2, 0.25) is 0 Å². The average Bonchev–Trinajstić information content (AvgIpc) is 3.15. The second kappa shape index (κ2) is 9.49. The van der Waals surface area contributed by atoms with Crippen molar-refractivity contribution in [3.05, 3.63) is 95.7 Å². The lowest BCUT2D eigenvalue weighted by molar-refractivity contribution is -0.122. The smallest absolute Gasteiger partial charge is 0.221 e. The van der Waals surface area contributed by atoms with E-state index in [4.69, 9.17) is 0 Å². The van der Waals surface area contributed by atoms with E-state index in [2.05, 4.69) is 15.3 Å². The molecule has 7 heteroatoms. The lowest BCUT2D eigenvalue weighted by Gasteiger charge is -2.16. The first kappa shape index (κ1) is 20.7. The molecule has 1 atom stereocenters. The van der Waals surface area contributed by atoms with E-state index < -0.39 is 6.04 Å². The lowest BCUT2D eigenvalue weighted by atomic mass is 10.1. The molecule has 158 valence electrons. The third kappa shape index (κ3) is 4.95. The molecule has 4 rings (SSSR count). The predicted octanol–water partition coefficient (Wildman–Crippen LogP) is 3.40. The van der Waals surface area contributed by atoms with Crippen molar-refractivity contribution in [2.75, 3.05) is 6.61 Å². The van der Waals surface area contributed by atoms with E-state index in [1.165, 1.54) is 12.1 Å². The third-order valence-corrected chi connectivity index (χ3v) is 5.13. The van der Waals surface area contributed by atoms with E-state index in [0.717, 1.165) is 28.1 Å².